The molecule has 0 fully saturated rings. The SMILES string of the molecule is CC(N[C@H]1CC=CCC1N[C@@H](C)c1ccccc1)c1ccccc1. The van der Waals surface area contributed by atoms with Crippen molar-refractivity contribution in [3.05, 3.63) is 83.9 Å². The van der Waals surface area contributed by atoms with Crippen LogP contribution in [0.1, 0.15) is 49.9 Å². The third-order valence-corrected chi connectivity index (χ3v) is 4.96. The fourth-order valence-corrected chi connectivity index (χ4v) is 3.50. The van der Waals surface area contributed by atoms with Gasteiger partial charge in [-0.1, -0.05) is 72.8 Å². The van der Waals surface area contributed by atoms with Crippen LogP contribution in [-0.2, 0) is 0 Å². The summed E-state index contributed by atoms with van der Waals surface area (Å²) in [4.78, 5) is 0. The van der Waals surface area contributed by atoms with E-state index in [-0.39, 0.29) is 0 Å². The van der Waals surface area contributed by atoms with Crippen molar-refractivity contribution in [2.45, 2.75) is 50.9 Å². The Kier molecular flexibility index (Phi) is 5.84. The normalized spacial score (nSPS) is 22.9. The minimum absolute atomic E-state index is 0.360. The summed E-state index contributed by atoms with van der Waals surface area (Å²) in [6.07, 6.45) is 6.77. The third kappa shape index (κ3) is 4.34. The summed E-state index contributed by atoms with van der Waals surface area (Å²) in [6, 6.07) is 23.0. The van der Waals surface area contributed by atoms with E-state index in [1.54, 1.807) is 0 Å². The molecule has 0 bridgehead atoms. The molecule has 2 aromatic carbocycles. The van der Waals surface area contributed by atoms with Gasteiger partial charge in [-0.3, -0.25) is 0 Å². The summed E-state index contributed by atoms with van der Waals surface area (Å²) in [7, 11) is 0. The molecule has 2 nitrogen and oxygen atoms in total. The van der Waals surface area contributed by atoms with E-state index >= 15 is 0 Å². The van der Waals surface area contributed by atoms with Crippen LogP contribution >= 0.6 is 0 Å². The summed E-state index contributed by atoms with van der Waals surface area (Å²) in [6.45, 7) is 4.51. The number of benzene rings is 2. The van der Waals surface area contributed by atoms with E-state index in [2.05, 4.69) is 97.3 Å². The van der Waals surface area contributed by atoms with Gasteiger partial charge in [-0.25, -0.2) is 0 Å². The van der Waals surface area contributed by atoms with Gasteiger partial charge in [0, 0.05) is 24.2 Å². The Morgan fingerprint density at radius 2 is 1.04 bits per heavy atom. The summed E-state index contributed by atoms with van der Waals surface area (Å²) >= 11 is 0. The molecule has 4 atom stereocenters. The first-order valence-corrected chi connectivity index (χ1v) is 9.01. The van der Waals surface area contributed by atoms with Crippen LogP contribution in [0, 0.1) is 0 Å². The molecule has 0 saturated heterocycles. The largest absolute Gasteiger partial charge is 0.306 e. The highest BCUT2D eigenvalue weighted by molar-refractivity contribution is 5.20. The molecule has 0 saturated carbocycles. The molecule has 3 rings (SSSR count). The van der Waals surface area contributed by atoms with Gasteiger partial charge in [0.15, 0.2) is 0 Å². The Balaban J connectivity index is 1.64. The maximum Gasteiger partial charge on any atom is 0.0295 e. The van der Waals surface area contributed by atoms with Gasteiger partial charge >= 0.3 is 0 Å². The number of hydrogen-bond acceptors (Lipinski definition) is 2. The maximum absolute atomic E-state index is 3.83. The number of nitrogens with one attached hydrogen (secondary N) is 2. The number of rotatable bonds is 6. The summed E-state index contributed by atoms with van der Waals surface area (Å²) in [5.74, 6) is 0. The zero-order valence-electron chi connectivity index (χ0n) is 14.7. The first-order valence-electron chi connectivity index (χ1n) is 9.01. The van der Waals surface area contributed by atoms with E-state index in [1.807, 2.05) is 0 Å². The highest BCUT2D eigenvalue weighted by Crippen LogP contribution is 2.21. The smallest absolute Gasteiger partial charge is 0.0295 e. The van der Waals surface area contributed by atoms with E-state index in [4.69, 9.17) is 0 Å². The second kappa shape index (κ2) is 8.27. The van der Waals surface area contributed by atoms with Crippen molar-refractivity contribution < 1.29 is 0 Å². The first kappa shape index (κ1) is 16.9. The summed E-state index contributed by atoms with van der Waals surface area (Å²) < 4.78 is 0. The van der Waals surface area contributed by atoms with Crippen molar-refractivity contribution >= 4 is 0 Å². The van der Waals surface area contributed by atoms with Crippen molar-refractivity contribution in [2.24, 2.45) is 0 Å². The van der Waals surface area contributed by atoms with Crippen LogP contribution in [0.2, 0.25) is 0 Å². The molecule has 1 aliphatic rings. The minimum atomic E-state index is 0.360. The summed E-state index contributed by atoms with van der Waals surface area (Å²) in [5, 5.41) is 7.66. The zero-order valence-corrected chi connectivity index (χ0v) is 14.7. The zero-order chi connectivity index (χ0) is 16.8. The van der Waals surface area contributed by atoms with Crippen LogP contribution in [0.15, 0.2) is 72.8 Å². The third-order valence-electron chi connectivity index (χ3n) is 4.96. The maximum atomic E-state index is 3.83. The standard InChI is InChI=1S/C22H28N2/c1-17(19-11-5-3-6-12-19)23-21-15-9-10-16-22(21)24-18(2)20-13-7-4-8-14-20/h3-14,17-18,21-24H,15-16H2,1-2H3/t17-,18?,21?,22-/m0/s1. The van der Waals surface area contributed by atoms with E-state index < -0.39 is 0 Å². The average molecular weight is 320 g/mol. The van der Waals surface area contributed by atoms with Gasteiger partial charge in [0.2, 0.25) is 0 Å². The highest BCUT2D eigenvalue weighted by Gasteiger charge is 2.25. The van der Waals surface area contributed by atoms with Gasteiger partial charge in [0.1, 0.15) is 0 Å². The van der Waals surface area contributed by atoms with Crippen LogP contribution in [0.25, 0.3) is 0 Å². The van der Waals surface area contributed by atoms with Crippen molar-refractivity contribution in [3.63, 3.8) is 0 Å². The fraction of sp³-hybridized carbons (Fsp3) is 0.364. The summed E-state index contributed by atoms with van der Waals surface area (Å²) in [5.41, 5.74) is 2.70. The van der Waals surface area contributed by atoms with Crippen molar-refractivity contribution in [1.82, 2.24) is 10.6 Å². The Labute approximate surface area is 146 Å². The van der Waals surface area contributed by atoms with Gasteiger partial charge in [0.05, 0.1) is 0 Å². The lowest BCUT2D eigenvalue weighted by molar-refractivity contribution is 0.315. The van der Waals surface area contributed by atoms with Crippen LogP contribution in [0.4, 0.5) is 0 Å². The lowest BCUT2D eigenvalue weighted by atomic mass is 9.93. The monoisotopic (exact) mass is 320 g/mol. The van der Waals surface area contributed by atoms with E-state index in [9.17, 15) is 0 Å². The molecule has 0 spiro atoms. The molecular formula is C22H28N2. The van der Waals surface area contributed by atoms with Crippen molar-refractivity contribution in [1.29, 1.82) is 0 Å². The van der Waals surface area contributed by atoms with Crippen LogP contribution in [-0.4, -0.2) is 12.1 Å². The quantitative estimate of drug-likeness (QED) is 0.749. The van der Waals surface area contributed by atoms with Crippen molar-refractivity contribution in [2.75, 3.05) is 0 Å². The number of hydrogen-bond donors (Lipinski definition) is 2. The molecule has 126 valence electrons. The highest BCUT2D eigenvalue weighted by atomic mass is 15.1. The minimum Gasteiger partial charge on any atom is -0.306 e. The first-order chi connectivity index (χ1) is 11.7. The Morgan fingerprint density at radius 1 is 0.667 bits per heavy atom. The second-order valence-electron chi connectivity index (χ2n) is 6.75. The molecule has 0 aromatic heterocycles. The molecular weight excluding hydrogens is 292 g/mol. The topological polar surface area (TPSA) is 24.1 Å². The Bertz CT molecular complexity index is 578. The van der Waals surface area contributed by atoms with Gasteiger partial charge in [-0.05, 0) is 37.8 Å². The van der Waals surface area contributed by atoms with E-state index in [0.717, 1.165) is 12.8 Å². The lowest BCUT2D eigenvalue weighted by Gasteiger charge is -2.35. The molecule has 2 unspecified atom stereocenters. The predicted molar refractivity (Wildman–Crippen MR) is 102 cm³/mol. The van der Waals surface area contributed by atoms with Gasteiger partial charge in [-0.2, -0.15) is 0 Å². The van der Waals surface area contributed by atoms with Gasteiger partial charge in [0.25, 0.3) is 0 Å². The van der Waals surface area contributed by atoms with Gasteiger partial charge in [-0.15, -0.1) is 0 Å². The Hall–Kier alpha value is -1.90. The average Bonchev–Trinajstić information content (AvgIpc) is 2.64. The molecule has 2 heteroatoms. The predicted octanol–water partition coefficient (Wildman–Crippen LogP) is 4.78. The molecule has 2 N–H and O–H groups in total. The van der Waals surface area contributed by atoms with Crippen molar-refractivity contribution in [3.8, 4) is 0 Å². The van der Waals surface area contributed by atoms with Crippen LogP contribution in [0.5, 0.6) is 0 Å². The molecule has 0 radical (unpaired) electrons. The molecule has 24 heavy (non-hydrogen) atoms. The molecule has 0 aliphatic heterocycles. The molecule has 2 aromatic rings. The van der Waals surface area contributed by atoms with Crippen LogP contribution in [0.3, 0.4) is 0 Å². The van der Waals surface area contributed by atoms with Crippen LogP contribution < -0.4 is 10.6 Å². The second-order valence-corrected chi connectivity index (χ2v) is 6.75. The van der Waals surface area contributed by atoms with E-state index in [0.29, 0.717) is 24.2 Å². The Morgan fingerprint density at radius 3 is 1.42 bits per heavy atom. The molecule has 0 amide bonds. The molecule has 0 heterocycles. The lowest BCUT2D eigenvalue weighted by Crippen LogP contribution is -2.50. The fourth-order valence-electron chi connectivity index (χ4n) is 3.50. The molecule has 1 aliphatic carbocycles. The van der Waals surface area contributed by atoms with E-state index in [1.165, 1.54) is 11.1 Å². The van der Waals surface area contributed by atoms with Gasteiger partial charge < -0.3 is 10.6 Å².